The number of piperidine rings is 1. The molecule has 0 saturated carbocycles. The summed E-state index contributed by atoms with van der Waals surface area (Å²) in [6, 6.07) is 4.59. The zero-order valence-corrected chi connectivity index (χ0v) is 12.5. The van der Waals surface area contributed by atoms with E-state index in [0.717, 1.165) is 12.8 Å². The van der Waals surface area contributed by atoms with Crippen LogP contribution in [0.5, 0.6) is 0 Å². The molecular weight excluding hydrogens is 311 g/mol. The molecule has 2 rings (SSSR count). The summed E-state index contributed by atoms with van der Waals surface area (Å²) in [6.45, 7) is 3.25. The number of nitrogens with zero attached hydrogens (tertiary/aromatic N) is 1. The molecule has 1 aliphatic heterocycles. The maximum absolute atomic E-state index is 13.8. The Hall–Kier alpha value is -0.940. The lowest BCUT2D eigenvalue weighted by atomic mass is 9.92. The Balaban J connectivity index is 2.15. The molecule has 1 aliphatic rings. The van der Waals surface area contributed by atoms with E-state index in [2.05, 4.69) is 15.9 Å². The van der Waals surface area contributed by atoms with E-state index in [4.69, 9.17) is 5.73 Å². The van der Waals surface area contributed by atoms with Crippen molar-refractivity contribution in [2.45, 2.75) is 25.8 Å². The van der Waals surface area contributed by atoms with Crippen molar-refractivity contribution in [3.05, 3.63) is 34.1 Å². The number of hydrogen-bond donors (Lipinski definition) is 1. The molecule has 5 heteroatoms. The van der Waals surface area contributed by atoms with E-state index in [9.17, 15) is 9.18 Å². The van der Waals surface area contributed by atoms with Gasteiger partial charge in [-0.3, -0.25) is 4.79 Å². The van der Waals surface area contributed by atoms with Crippen molar-refractivity contribution >= 4 is 21.8 Å². The molecule has 2 N–H and O–H groups in total. The quantitative estimate of drug-likeness (QED) is 0.907. The Morgan fingerprint density at radius 3 is 2.95 bits per heavy atom. The van der Waals surface area contributed by atoms with Gasteiger partial charge in [0.25, 0.3) is 5.91 Å². The number of likely N-dealkylation sites (tertiary alicyclic amines) is 1. The Morgan fingerprint density at radius 1 is 1.58 bits per heavy atom. The number of carbonyl (C=O) groups excluding carboxylic acids is 1. The number of rotatable bonds is 2. The number of halogens is 2. The lowest BCUT2D eigenvalue weighted by molar-refractivity contribution is 0.0656. The molecule has 1 aromatic carbocycles. The normalized spacial score (nSPS) is 21.3. The van der Waals surface area contributed by atoms with E-state index in [1.54, 1.807) is 11.0 Å². The second kappa shape index (κ2) is 6.01. The average molecular weight is 329 g/mol. The van der Waals surface area contributed by atoms with Gasteiger partial charge in [0, 0.05) is 23.6 Å². The standard InChI is InChI=1S/C14H18BrFN2O/c1-9(17)10-3-2-6-18(8-10)14(19)12-5-4-11(15)7-13(12)16/h4-5,7,9-10H,2-3,6,8,17H2,1H3/t9-,10-/m0/s1. The Labute approximate surface area is 121 Å². The van der Waals surface area contributed by atoms with Crippen LogP contribution >= 0.6 is 15.9 Å². The lowest BCUT2D eigenvalue weighted by Gasteiger charge is -2.34. The molecule has 1 aromatic rings. The molecule has 2 atom stereocenters. The topological polar surface area (TPSA) is 46.3 Å². The number of hydrogen-bond acceptors (Lipinski definition) is 2. The largest absolute Gasteiger partial charge is 0.338 e. The summed E-state index contributed by atoms with van der Waals surface area (Å²) in [5.74, 6) is -0.422. The molecule has 0 aromatic heterocycles. The Morgan fingerprint density at radius 2 is 2.32 bits per heavy atom. The van der Waals surface area contributed by atoms with Gasteiger partial charge in [-0.25, -0.2) is 4.39 Å². The molecule has 104 valence electrons. The molecule has 1 amide bonds. The molecule has 1 fully saturated rings. The van der Waals surface area contributed by atoms with E-state index in [1.165, 1.54) is 12.1 Å². The van der Waals surface area contributed by atoms with Crippen molar-refractivity contribution in [3.8, 4) is 0 Å². The molecule has 0 aliphatic carbocycles. The predicted molar refractivity (Wildman–Crippen MR) is 76.4 cm³/mol. The highest BCUT2D eigenvalue weighted by Crippen LogP contribution is 2.22. The van der Waals surface area contributed by atoms with Crippen molar-refractivity contribution in [2.75, 3.05) is 13.1 Å². The monoisotopic (exact) mass is 328 g/mol. The molecule has 3 nitrogen and oxygen atoms in total. The van der Waals surface area contributed by atoms with E-state index in [1.807, 2.05) is 6.92 Å². The van der Waals surface area contributed by atoms with Crippen molar-refractivity contribution in [1.82, 2.24) is 4.90 Å². The predicted octanol–water partition coefficient (Wildman–Crippen LogP) is 2.79. The highest BCUT2D eigenvalue weighted by Gasteiger charge is 2.27. The zero-order valence-electron chi connectivity index (χ0n) is 10.9. The molecule has 1 saturated heterocycles. The smallest absolute Gasteiger partial charge is 0.256 e. The van der Waals surface area contributed by atoms with Crippen LogP contribution in [0.4, 0.5) is 4.39 Å². The van der Waals surface area contributed by atoms with Gasteiger partial charge >= 0.3 is 0 Å². The molecule has 0 bridgehead atoms. The molecule has 0 unspecified atom stereocenters. The maximum Gasteiger partial charge on any atom is 0.256 e. The number of nitrogens with two attached hydrogens (primary N) is 1. The molecule has 19 heavy (non-hydrogen) atoms. The van der Waals surface area contributed by atoms with Crippen molar-refractivity contribution in [1.29, 1.82) is 0 Å². The molecule has 1 heterocycles. The van der Waals surface area contributed by atoms with Crippen LogP contribution in [0.1, 0.15) is 30.1 Å². The van der Waals surface area contributed by atoms with Crippen molar-refractivity contribution < 1.29 is 9.18 Å². The van der Waals surface area contributed by atoms with Crippen molar-refractivity contribution in [3.63, 3.8) is 0 Å². The van der Waals surface area contributed by atoms with Gasteiger partial charge in [-0.2, -0.15) is 0 Å². The first-order valence-corrected chi connectivity index (χ1v) is 7.28. The third-order valence-electron chi connectivity index (χ3n) is 3.65. The van der Waals surface area contributed by atoms with Crippen molar-refractivity contribution in [2.24, 2.45) is 11.7 Å². The molecule has 0 spiro atoms. The van der Waals surface area contributed by atoms with Crippen LogP contribution in [0, 0.1) is 11.7 Å². The van der Waals surface area contributed by atoms with Crippen LogP contribution in [0.15, 0.2) is 22.7 Å². The summed E-state index contributed by atoms with van der Waals surface area (Å²) in [4.78, 5) is 14.0. The molecule has 0 radical (unpaired) electrons. The van der Waals surface area contributed by atoms with E-state index >= 15 is 0 Å². The van der Waals surface area contributed by atoms with E-state index in [-0.39, 0.29) is 17.5 Å². The van der Waals surface area contributed by atoms with Gasteiger partial charge in [0.15, 0.2) is 0 Å². The van der Waals surface area contributed by atoms with Crippen LogP contribution in [-0.2, 0) is 0 Å². The zero-order chi connectivity index (χ0) is 14.0. The summed E-state index contributed by atoms with van der Waals surface area (Å²) in [5.41, 5.74) is 6.03. The second-order valence-corrected chi connectivity index (χ2v) is 6.05. The lowest BCUT2D eigenvalue weighted by Crippen LogP contribution is -2.45. The first-order valence-electron chi connectivity index (χ1n) is 6.49. The van der Waals surface area contributed by atoms with Gasteiger partial charge < -0.3 is 10.6 Å². The number of benzene rings is 1. The third-order valence-corrected chi connectivity index (χ3v) is 4.14. The van der Waals surface area contributed by atoms with E-state index in [0.29, 0.717) is 23.5 Å². The van der Waals surface area contributed by atoms with Crippen LogP contribution in [0.3, 0.4) is 0 Å². The Bertz CT molecular complexity index is 479. The second-order valence-electron chi connectivity index (χ2n) is 5.14. The minimum Gasteiger partial charge on any atom is -0.338 e. The highest BCUT2D eigenvalue weighted by molar-refractivity contribution is 9.10. The summed E-state index contributed by atoms with van der Waals surface area (Å²) < 4.78 is 14.4. The van der Waals surface area contributed by atoms with E-state index < -0.39 is 5.82 Å². The van der Waals surface area contributed by atoms with Gasteiger partial charge in [-0.05, 0) is 43.9 Å². The van der Waals surface area contributed by atoms with Gasteiger partial charge in [0.05, 0.1) is 5.56 Å². The van der Waals surface area contributed by atoms with Crippen LogP contribution in [0.25, 0.3) is 0 Å². The third kappa shape index (κ3) is 3.34. The number of carbonyl (C=O) groups is 1. The SMILES string of the molecule is C[C@H](N)[C@H]1CCCN(C(=O)c2ccc(Br)cc2F)C1. The minimum atomic E-state index is -0.484. The van der Waals surface area contributed by atoms with Gasteiger partial charge in [0.2, 0.25) is 0 Å². The van der Waals surface area contributed by atoms with Gasteiger partial charge in [-0.1, -0.05) is 15.9 Å². The number of amides is 1. The summed E-state index contributed by atoms with van der Waals surface area (Å²) >= 11 is 3.19. The fourth-order valence-electron chi connectivity index (χ4n) is 2.46. The molecular formula is C14H18BrFN2O. The first-order chi connectivity index (χ1) is 8.99. The maximum atomic E-state index is 13.8. The summed E-state index contributed by atoms with van der Waals surface area (Å²) in [6.07, 6.45) is 1.96. The average Bonchev–Trinajstić information content (AvgIpc) is 2.38. The minimum absolute atomic E-state index is 0.0605. The highest BCUT2D eigenvalue weighted by atomic mass is 79.9. The van der Waals surface area contributed by atoms with Gasteiger partial charge in [-0.15, -0.1) is 0 Å². The van der Waals surface area contributed by atoms with Crippen LogP contribution < -0.4 is 5.73 Å². The summed E-state index contributed by atoms with van der Waals surface area (Å²) in [5, 5.41) is 0. The first kappa shape index (κ1) is 14.5. The Kier molecular flexibility index (Phi) is 4.58. The fourth-order valence-corrected chi connectivity index (χ4v) is 2.79. The van der Waals surface area contributed by atoms with Crippen LogP contribution in [0.2, 0.25) is 0 Å². The van der Waals surface area contributed by atoms with Crippen LogP contribution in [-0.4, -0.2) is 29.9 Å². The van der Waals surface area contributed by atoms with Gasteiger partial charge in [0.1, 0.15) is 5.82 Å². The summed E-state index contributed by atoms with van der Waals surface area (Å²) in [7, 11) is 0. The fraction of sp³-hybridized carbons (Fsp3) is 0.500.